The second-order valence-corrected chi connectivity index (χ2v) is 4.05. The molecule has 2 rings (SSSR count). The maximum Gasteiger partial charge on any atom is 0.271 e. The van der Waals surface area contributed by atoms with Crippen molar-refractivity contribution in [1.29, 1.82) is 10.5 Å². The normalized spacial score (nSPS) is 15.4. The molecule has 1 saturated heterocycles. The molecule has 0 spiro atoms. The molecule has 1 aliphatic rings. The number of hydrogen-bond acceptors (Lipinski definition) is 3. The fraction of sp³-hybridized carbons (Fsp3) is 0.333. The molecular formula is C12H12BN3. The number of benzene rings is 1. The highest BCUT2D eigenvalue weighted by molar-refractivity contribution is 6.67. The van der Waals surface area contributed by atoms with Gasteiger partial charge in [-0.15, -0.1) is 0 Å². The zero-order valence-corrected chi connectivity index (χ0v) is 9.06. The molecule has 78 valence electrons. The Labute approximate surface area is 96.0 Å². The summed E-state index contributed by atoms with van der Waals surface area (Å²) in [5.41, 5.74) is 1.84. The molecule has 1 heterocycles. The van der Waals surface area contributed by atoms with Gasteiger partial charge in [0.15, 0.2) is 0 Å². The third kappa shape index (κ3) is 2.17. The van der Waals surface area contributed by atoms with Crippen molar-refractivity contribution in [2.24, 2.45) is 0 Å². The minimum Gasteiger partial charge on any atom is -0.373 e. The van der Waals surface area contributed by atoms with Gasteiger partial charge in [0, 0.05) is 24.7 Å². The molecule has 1 aliphatic heterocycles. The molecule has 3 nitrogen and oxygen atoms in total. The summed E-state index contributed by atoms with van der Waals surface area (Å²) in [5.74, 6) is 2.32. The highest BCUT2D eigenvalue weighted by Gasteiger charge is 2.22. The lowest BCUT2D eigenvalue weighted by Crippen LogP contribution is -2.36. The lowest BCUT2D eigenvalue weighted by atomic mass is 9.45. The predicted molar refractivity (Wildman–Crippen MR) is 64.4 cm³/mol. The number of nitrogens with zero attached hydrogens (tertiary/aromatic N) is 3. The lowest BCUT2D eigenvalue weighted by molar-refractivity contribution is 0.822. The zero-order valence-electron chi connectivity index (χ0n) is 9.06. The van der Waals surface area contributed by atoms with E-state index in [1.54, 1.807) is 0 Å². The molecule has 1 fully saturated rings. The molecule has 0 saturated carbocycles. The van der Waals surface area contributed by atoms with Gasteiger partial charge in [-0.2, -0.15) is 5.26 Å². The van der Waals surface area contributed by atoms with Crippen LogP contribution >= 0.6 is 0 Å². The van der Waals surface area contributed by atoms with Crippen LogP contribution in [0.5, 0.6) is 0 Å². The molecule has 1 aromatic rings. The Bertz CT molecular complexity index is 433. The second kappa shape index (κ2) is 4.72. The Morgan fingerprint density at radius 2 is 1.69 bits per heavy atom. The number of anilines is 1. The Morgan fingerprint density at radius 3 is 2.19 bits per heavy atom. The molecule has 0 bridgehead atoms. The lowest BCUT2D eigenvalue weighted by Gasteiger charge is -2.29. The first-order chi connectivity index (χ1) is 7.83. The molecule has 16 heavy (non-hydrogen) atoms. The first kappa shape index (κ1) is 10.6. The van der Waals surface area contributed by atoms with E-state index in [0.29, 0.717) is 5.56 Å². The molecular weight excluding hydrogens is 197 g/mol. The van der Waals surface area contributed by atoms with Crippen molar-refractivity contribution in [2.45, 2.75) is 12.6 Å². The first-order valence-corrected chi connectivity index (χ1v) is 5.48. The number of nitriles is 2. The highest BCUT2D eigenvalue weighted by atomic mass is 15.1. The number of hydrogen-bond donors (Lipinski definition) is 0. The third-order valence-corrected chi connectivity index (χ3v) is 3.04. The topological polar surface area (TPSA) is 50.8 Å². The van der Waals surface area contributed by atoms with Gasteiger partial charge < -0.3 is 4.90 Å². The van der Waals surface area contributed by atoms with Crippen LogP contribution in [0.2, 0.25) is 12.6 Å². The molecule has 0 aromatic heterocycles. The smallest absolute Gasteiger partial charge is 0.271 e. The van der Waals surface area contributed by atoms with Crippen molar-refractivity contribution >= 4 is 12.4 Å². The second-order valence-electron chi connectivity index (χ2n) is 4.05. The van der Waals surface area contributed by atoms with Crippen LogP contribution < -0.4 is 4.90 Å². The molecule has 0 unspecified atom stereocenters. The summed E-state index contributed by atoms with van der Waals surface area (Å²) in [6.07, 6.45) is 1.88. The van der Waals surface area contributed by atoms with Crippen LogP contribution in [0.1, 0.15) is 5.56 Å². The minimum atomic E-state index is 0.217. The van der Waals surface area contributed by atoms with E-state index in [2.05, 4.69) is 16.9 Å². The van der Waals surface area contributed by atoms with Crippen LogP contribution in [0.15, 0.2) is 24.3 Å². The Balaban J connectivity index is 2.04. The highest BCUT2D eigenvalue weighted by Crippen LogP contribution is 2.20. The summed E-state index contributed by atoms with van der Waals surface area (Å²) in [5, 5.41) is 17.5. The molecule has 1 aromatic carbocycles. The predicted octanol–water partition coefficient (Wildman–Crippen LogP) is 1.94. The fourth-order valence-electron chi connectivity index (χ4n) is 2.01. The summed E-state index contributed by atoms with van der Waals surface area (Å²) in [6, 6.07) is 9.74. The first-order valence-electron chi connectivity index (χ1n) is 5.48. The van der Waals surface area contributed by atoms with Crippen molar-refractivity contribution in [1.82, 2.24) is 0 Å². The summed E-state index contributed by atoms with van der Waals surface area (Å²) in [7, 11) is 0. The van der Waals surface area contributed by atoms with E-state index in [1.807, 2.05) is 24.3 Å². The fourth-order valence-corrected chi connectivity index (χ4v) is 2.01. The SMILES string of the molecule is N#CB1CCN(c2ccc(C#N)cc2)CC1. The number of rotatable bonds is 1. The molecule has 4 heteroatoms. The summed E-state index contributed by atoms with van der Waals surface area (Å²) in [6.45, 7) is 2.09. The molecule has 0 atom stereocenters. The largest absolute Gasteiger partial charge is 0.373 e. The molecule has 0 radical (unpaired) electrons. The van der Waals surface area contributed by atoms with E-state index >= 15 is 0 Å². The van der Waals surface area contributed by atoms with Crippen molar-refractivity contribution in [3.63, 3.8) is 0 Å². The summed E-state index contributed by atoms with van der Waals surface area (Å²) < 4.78 is 0. The molecule has 0 N–H and O–H groups in total. The van der Waals surface area contributed by atoms with Gasteiger partial charge in [-0.3, -0.25) is 0 Å². The third-order valence-electron chi connectivity index (χ3n) is 3.04. The van der Waals surface area contributed by atoms with Crippen molar-refractivity contribution < 1.29 is 0 Å². The van der Waals surface area contributed by atoms with Gasteiger partial charge in [-0.05, 0) is 36.9 Å². The van der Waals surface area contributed by atoms with E-state index in [0.717, 1.165) is 31.4 Å². The van der Waals surface area contributed by atoms with Gasteiger partial charge in [0.2, 0.25) is 0 Å². The van der Waals surface area contributed by atoms with Crippen LogP contribution in [0.25, 0.3) is 0 Å². The monoisotopic (exact) mass is 209 g/mol. The van der Waals surface area contributed by atoms with Gasteiger partial charge in [-0.1, -0.05) is 0 Å². The minimum absolute atomic E-state index is 0.217. The van der Waals surface area contributed by atoms with E-state index < -0.39 is 0 Å². The summed E-state index contributed by atoms with van der Waals surface area (Å²) >= 11 is 0. The van der Waals surface area contributed by atoms with Crippen molar-refractivity contribution in [3.8, 4) is 12.0 Å². The Kier molecular flexibility index (Phi) is 3.12. The van der Waals surface area contributed by atoms with Crippen LogP contribution in [0.4, 0.5) is 5.69 Å². The quantitative estimate of drug-likeness (QED) is 0.664. The van der Waals surface area contributed by atoms with Gasteiger partial charge in [0.05, 0.1) is 11.6 Å². The van der Waals surface area contributed by atoms with Crippen LogP contribution in [-0.2, 0) is 0 Å². The van der Waals surface area contributed by atoms with Crippen LogP contribution in [0.3, 0.4) is 0 Å². The Morgan fingerprint density at radius 1 is 1.06 bits per heavy atom. The van der Waals surface area contributed by atoms with Crippen LogP contribution in [-0.4, -0.2) is 19.8 Å². The van der Waals surface area contributed by atoms with Crippen molar-refractivity contribution in [3.05, 3.63) is 29.8 Å². The van der Waals surface area contributed by atoms with Crippen LogP contribution in [0, 0.1) is 22.6 Å². The standard InChI is InChI=1S/C12H12BN3/c14-9-11-1-3-12(4-2-11)16-7-5-13(10-15)6-8-16/h1-4H,5-8H2. The van der Waals surface area contributed by atoms with Gasteiger partial charge >= 0.3 is 0 Å². The van der Waals surface area contributed by atoms with Gasteiger partial charge in [0.1, 0.15) is 0 Å². The van der Waals surface area contributed by atoms with E-state index in [9.17, 15) is 0 Å². The zero-order chi connectivity index (χ0) is 11.4. The Hall–Kier alpha value is -1.94. The van der Waals surface area contributed by atoms with E-state index in [1.165, 1.54) is 0 Å². The average molecular weight is 209 g/mol. The van der Waals surface area contributed by atoms with Gasteiger partial charge in [-0.25, -0.2) is 5.26 Å². The van der Waals surface area contributed by atoms with E-state index in [-0.39, 0.29) is 6.71 Å². The average Bonchev–Trinajstić information content (AvgIpc) is 2.39. The maximum atomic E-state index is 8.81. The van der Waals surface area contributed by atoms with Gasteiger partial charge in [0.25, 0.3) is 6.71 Å². The van der Waals surface area contributed by atoms with E-state index in [4.69, 9.17) is 10.5 Å². The maximum absolute atomic E-state index is 8.81. The van der Waals surface area contributed by atoms with Crippen molar-refractivity contribution in [2.75, 3.05) is 18.0 Å². The molecule has 0 amide bonds. The summed E-state index contributed by atoms with van der Waals surface area (Å²) in [4.78, 5) is 2.27. The molecule has 0 aliphatic carbocycles.